The lowest BCUT2D eigenvalue weighted by atomic mass is 10.0. The molecule has 2 rings (SSSR count). The summed E-state index contributed by atoms with van der Waals surface area (Å²) in [5.74, 6) is 0.535. The van der Waals surface area contributed by atoms with Gasteiger partial charge in [0.2, 0.25) is 5.88 Å². The fourth-order valence-electron chi connectivity index (χ4n) is 2.59. The molecule has 2 N–H and O–H groups in total. The van der Waals surface area contributed by atoms with Crippen molar-refractivity contribution in [3.05, 3.63) is 58.8 Å². The molecule has 0 spiro atoms. The average Bonchev–Trinajstić information content (AvgIpc) is 2.58. The quantitative estimate of drug-likeness (QED) is 0.768. The molecule has 0 saturated heterocycles. The van der Waals surface area contributed by atoms with Crippen LogP contribution in [0.15, 0.2) is 36.5 Å². The molecule has 24 heavy (non-hydrogen) atoms. The molecule has 0 fully saturated rings. The van der Waals surface area contributed by atoms with E-state index >= 15 is 0 Å². The van der Waals surface area contributed by atoms with E-state index in [4.69, 9.17) is 4.74 Å². The van der Waals surface area contributed by atoms with Gasteiger partial charge >= 0.3 is 6.03 Å². The normalized spacial score (nSPS) is 10.3. The molecular weight excluding hydrogens is 302 g/mol. The van der Waals surface area contributed by atoms with Gasteiger partial charge in [-0.15, -0.1) is 0 Å². The molecule has 0 atom stereocenters. The number of rotatable bonds is 7. The van der Waals surface area contributed by atoms with Gasteiger partial charge < -0.3 is 15.4 Å². The van der Waals surface area contributed by atoms with E-state index < -0.39 is 0 Å². The van der Waals surface area contributed by atoms with Gasteiger partial charge in [0.25, 0.3) is 0 Å². The number of benzene rings is 1. The number of nitrogens with one attached hydrogen (secondary N) is 2. The Hall–Kier alpha value is -2.56. The van der Waals surface area contributed by atoms with Crippen LogP contribution in [0.2, 0.25) is 0 Å². The topological polar surface area (TPSA) is 63.2 Å². The van der Waals surface area contributed by atoms with Crippen molar-refractivity contribution in [1.82, 2.24) is 15.6 Å². The summed E-state index contributed by atoms with van der Waals surface area (Å²) in [6.07, 6.45) is 3.53. The van der Waals surface area contributed by atoms with Crippen LogP contribution >= 0.6 is 0 Å². The third kappa shape index (κ3) is 5.26. The largest absolute Gasteiger partial charge is 0.481 e. The molecule has 0 aliphatic carbocycles. The minimum Gasteiger partial charge on any atom is -0.481 e. The van der Waals surface area contributed by atoms with Crippen LogP contribution in [-0.2, 0) is 13.0 Å². The molecule has 2 amide bonds. The molecular formula is C19H25N3O2. The summed E-state index contributed by atoms with van der Waals surface area (Å²) < 4.78 is 5.16. The number of aromatic nitrogens is 1. The number of nitrogens with zero attached hydrogens (tertiary/aromatic N) is 1. The third-order valence-electron chi connectivity index (χ3n) is 3.89. The Morgan fingerprint density at radius 1 is 1.17 bits per heavy atom. The number of methoxy groups -OCH3 is 1. The Kier molecular flexibility index (Phi) is 6.61. The van der Waals surface area contributed by atoms with Gasteiger partial charge in [0.15, 0.2) is 0 Å². The molecule has 0 saturated carbocycles. The van der Waals surface area contributed by atoms with Crippen LogP contribution in [0.4, 0.5) is 4.79 Å². The number of hydrogen-bond donors (Lipinski definition) is 2. The van der Waals surface area contributed by atoms with E-state index in [-0.39, 0.29) is 6.03 Å². The first-order chi connectivity index (χ1) is 11.6. The number of amides is 2. The molecule has 5 nitrogen and oxygen atoms in total. The van der Waals surface area contributed by atoms with Crippen LogP contribution in [-0.4, -0.2) is 24.7 Å². The lowest BCUT2D eigenvalue weighted by Crippen LogP contribution is -2.35. The van der Waals surface area contributed by atoms with E-state index in [1.165, 1.54) is 16.7 Å². The summed E-state index contributed by atoms with van der Waals surface area (Å²) in [4.78, 5) is 16.0. The lowest BCUT2D eigenvalue weighted by molar-refractivity contribution is 0.240. The van der Waals surface area contributed by atoms with Crippen LogP contribution in [0.3, 0.4) is 0 Å². The first-order valence-corrected chi connectivity index (χ1v) is 8.16. The summed E-state index contributed by atoms with van der Waals surface area (Å²) >= 11 is 0. The molecule has 1 aromatic heterocycles. The van der Waals surface area contributed by atoms with Gasteiger partial charge in [-0.3, -0.25) is 0 Å². The van der Waals surface area contributed by atoms with Crippen molar-refractivity contribution in [2.75, 3.05) is 13.7 Å². The van der Waals surface area contributed by atoms with Crippen molar-refractivity contribution in [3.63, 3.8) is 0 Å². The second-order valence-electron chi connectivity index (χ2n) is 5.81. The Balaban J connectivity index is 1.70. The maximum absolute atomic E-state index is 11.9. The molecule has 128 valence electrons. The third-order valence-corrected chi connectivity index (χ3v) is 3.89. The highest BCUT2D eigenvalue weighted by Crippen LogP contribution is 2.13. The van der Waals surface area contributed by atoms with Gasteiger partial charge in [-0.1, -0.05) is 29.8 Å². The highest BCUT2D eigenvalue weighted by atomic mass is 16.5. The predicted octanol–water partition coefficient (Wildman–Crippen LogP) is 3.14. The van der Waals surface area contributed by atoms with Gasteiger partial charge in [-0.2, -0.15) is 0 Å². The van der Waals surface area contributed by atoms with E-state index in [0.29, 0.717) is 19.0 Å². The summed E-state index contributed by atoms with van der Waals surface area (Å²) in [6, 6.07) is 10.0. The second kappa shape index (κ2) is 8.91. The fourth-order valence-corrected chi connectivity index (χ4v) is 2.59. The zero-order valence-corrected chi connectivity index (χ0v) is 14.6. The van der Waals surface area contributed by atoms with Gasteiger partial charge in [0, 0.05) is 24.8 Å². The van der Waals surface area contributed by atoms with Crippen LogP contribution < -0.4 is 15.4 Å². The molecule has 1 aromatic carbocycles. The van der Waals surface area contributed by atoms with Crippen molar-refractivity contribution >= 4 is 6.03 Å². The van der Waals surface area contributed by atoms with E-state index in [2.05, 4.69) is 47.7 Å². The summed E-state index contributed by atoms with van der Waals surface area (Å²) in [5, 5.41) is 5.70. The monoisotopic (exact) mass is 327 g/mol. The fraction of sp³-hybridized carbons (Fsp3) is 0.368. The minimum atomic E-state index is -0.179. The van der Waals surface area contributed by atoms with E-state index in [9.17, 15) is 4.79 Å². The predicted molar refractivity (Wildman–Crippen MR) is 95.3 cm³/mol. The number of aryl methyl sites for hydroxylation is 3. The molecule has 1 heterocycles. The first kappa shape index (κ1) is 17.8. The number of hydrogen-bond acceptors (Lipinski definition) is 3. The van der Waals surface area contributed by atoms with E-state index in [1.54, 1.807) is 13.3 Å². The number of carbonyl (C=O) groups excluding carboxylic acids is 1. The van der Waals surface area contributed by atoms with Crippen LogP contribution in [0.1, 0.15) is 28.7 Å². The van der Waals surface area contributed by atoms with Crippen molar-refractivity contribution in [2.24, 2.45) is 0 Å². The van der Waals surface area contributed by atoms with Crippen molar-refractivity contribution in [3.8, 4) is 5.88 Å². The summed E-state index contributed by atoms with van der Waals surface area (Å²) in [6.45, 7) is 5.26. The summed E-state index contributed by atoms with van der Waals surface area (Å²) in [5.41, 5.74) is 4.77. The van der Waals surface area contributed by atoms with Crippen molar-refractivity contribution in [2.45, 2.75) is 33.2 Å². The number of pyridine rings is 1. The minimum absolute atomic E-state index is 0.179. The number of urea groups is 1. The Morgan fingerprint density at radius 3 is 2.75 bits per heavy atom. The highest BCUT2D eigenvalue weighted by molar-refractivity contribution is 5.73. The SMILES string of the molecule is COc1ncccc1CNC(=O)NCCCc1ccc(C)cc1C. The molecule has 5 heteroatoms. The maximum Gasteiger partial charge on any atom is 0.315 e. The van der Waals surface area contributed by atoms with Crippen molar-refractivity contribution in [1.29, 1.82) is 0 Å². The Bertz CT molecular complexity index is 686. The number of carbonyl (C=O) groups is 1. The zero-order valence-electron chi connectivity index (χ0n) is 14.6. The van der Waals surface area contributed by atoms with Gasteiger partial charge in [0.1, 0.15) is 0 Å². The smallest absolute Gasteiger partial charge is 0.315 e. The van der Waals surface area contributed by atoms with E-state index in [0.717, 1.165) is 18.4 Å². The van der Waals surface area contributed by atoms with Gasteiger partial charge in [0.05, 0.1) is 7.11 Å². The molecule has 0 bridgehead atoms. The van der Waals surface area contributed by atoms with Crippen LogP contribution in [0.5, 0.6) is 5.88 Å². The highest BCUT2D eigenvalue weighted by Gasteiger charge is 2.05. The molecule has 0 aliphatic heterocycles. The molecule has 0 aliphatic rings. The Morgan fingerprint density at radius 2 is 2.00 bits per heavy atom. The van der Waals surface area contributed by atoms with Gasteiger partial charge in [-0.05, 0) is 43.9 Å². The van der Waals surface area contributed by atoms with E-state index in [1.807, 2.05) is 12.1 Å². The Labute approximate surface area is 143 Å². The summed E-state index contributed by atoms with van der Waals surface area (Å²) in [7, 11) is 1.57. The molecule has 0 radical (unpaired) electrons. The number of ether oxygens (including phenoxy) is 1. The van der Waals surface area contributed by atoms with Crippen LogP contribution in [0.25, 0.3) is 0 Å². The zero-order chi connectivity index (χ0) is 17.4. The average molecular weight is 327 g/mol. The van der Waals surface area contributed by atoms with Crippen molar-refractivity contribution < 1.29 is 9.53 Å². The maximum atomic E-state index is 11.9. The molecule has 0 unspecified atom stereocenters. The second-order valence-corrected chi connectivity index (χ2v) is 5.81. The standard InChI is InChI=1S/C19H25N3O2/c1-14-8-9-16(15(2)12-14)6-4-11-21-19(23)22-13-17-7-5-10-20-18(17)24-3/h5,7-10,12H,4,6,11,13H2,1-3H3,(H2,21,22,23). The molecule has 2 aromatic rings. The lowest BCUT2D eigenvalue weighted by Gasteiger charge is -2.10. The van der Waals surface area contributed by atoms with Crippen LogP contribution in [0, 0.1) is 13.8 Å². The van der Waals surface area contributed by atoms with Gasteiger partial charge in [-0.25, -0.2) is 9.78 Å². The first-order valence-electron chi connectivity index (χ1n) is 8.16.